The molecule has 0 spiro atoms. The van der Waals surface area contributed by atoms with E-state index in [0.717, 1.165) is 0 Å². The molecular formula is C18H12Cl4N2O4. The summed E-state index contributed by atoms with van der Waals surface area (Å²) in [4.78, 5) is 0. The molecule has 0 amide bonds. The molecule has 0 saturated heterocycles. The fraction of sp³-hybridized carbons (Fsp3) is 0. The van der Waals surface area contributed by atoms with Crippen molar-refractivity contribution in [2.24, 2.45) is 0 Å². The Balaban J connectivity index is 2.05. The minimum absolute atomic E-state index is 0.0448. The van der Waals surface area contributed by atoms with Crippen molar-refractivity contribution < 1.29 is 19.7 Å². The Bertz CT molecular complexity index is 995. The van der Waals surface area contributed by atoms with Crippen LogP contribution in [0.15, 0.2) is 36.4 Å². The minimum Gasteiger partial charge on any atom is -0.506 e. The number of halogens is 4. The maximum atomic E-state index is 9.74. The second-order valence-electron chi connectivity index (χ2n) is 5.56. The molecule has 6 nitrogen and oxygen atoms in total. The van der Waals surface area contributed by atoms with E-state index in [2.05, 4.69) is 0 Å². The van der Waals surface area contributed by atoms with Gasteiger partial charge in [0.15, 0.2) is 11.5 Å². The predicted octanol–water partition coefficient (Wildman–Crippen LogP) is 6.46. The Labute approximate surface area is 179 Å². The number of anilines is 2. The van der Waals surface area contributed by atoms with Crippen molar-refractivity contribution in [3.63, 3.8) is 0 Å². The van der Waals surface area contributed by atoms with E-state index in [-0.39, 0.29) is 66.0 Å². The van der Waals surface area contributed by atoms with E-state index in [1.165, 1.54) is 36.4 Å². The van der Waals surface area contributed by atoms with Crippen LogP contribution in [0.1, 0.15) is 0 Å². The number of nitrogens with two attached hydrogens (primary N) is 2. The first-order valence-electron chi connectivity index (χ1n) is 7.57. The van der Waals surface area contributed by atoms with Crippen LogP contribution in [0.3, 0.4) is 0 Å². The molecule has 3 rings (SSSR count). The smallest absolute Gasteiger partial charge is 0.170 e. The summed E-state index contributed by atoms with van der Waals surface area (Å²) in [7, 11) is 0. The van der Waals surface area contributed by atoms with E-state index in [1.54, 1.807) is 0 Å². The van der Waals surface area contributed by atoms with Crippen molar-refractivity contribution in [3.8, 4) is 34.5 Å². The Hall–Kier alpha value is -2.38. The molecule has 0 aliphatic carbocycles. The molecule has 146 valence electrons. The zero-order chi connectivity index (χ0) is 20.6. The van der Waals surface area contributed by atoms with Gasteiger partial charge in [-0.2, -0.15) is 0 Å². The van der Waals surface area contributed by atoms with Gasteiger partial charge in [0.05, 0.1) is 16.4 Å². The first-order valence-corrected chi connectivity index (χ1v) is 9.08. The van der Waals surface area contributed by atoms with E-state index in [1.807, 2.05) is 0 Å². The highest BCUT2D eigenvalue weighted by atomic mass is 35.5. The van der Waals surface area contributed by atoms with Crippen LogP contribution in [0.25, 0.3) is 0 Å². The largest absolute Gasteiger partial charge is 0.506 e. The highest BCUT2D eigenvalue weighted by molar-refractivity contribution is 6.51. The summed E-state index contributed by atoms with van der Waals surface area (Å²) in [5.41, 5.74) is 11.5. The number of benzene rings is 3. The molecule has 3 aromatic rings. The van der Waals surface area contributed by atoms with Gasteiger partial charge in [-0.3, -0.25) is 0 Å². The summed E-state index contributed by atoms with van der Waals surface area (Å²) >= 11 is 25.0. The quantitative estimate of drug-likeness (QED) is 0.153. The number of aromatic hydroxyl groups is 2. The van der Waals surface area contributed by atoms with Crippen LogP contribution in [0, 0.1) is 0 Å². The second-order valence-corrected chi connectivity index (χ2v) is 7.07. The number of hydrogen-bond donors (Lipinski definition) is 4. The molecule has 0 atom stereocenters. The van der Waals surface area contributed by atoms with Crippen molar-refractivity contribution >= 4 is 57.8 Å². The lowest BCUT2D eigenvalue weighted by molar-refractivity contribution is 0.446. The third-order valence-electron chi connectivity index (χ3n) is 3.63. The maximum Gasteiger partial charge on any atom is 0.170 e. The van der Waals surface area contributed by atoms with Gasteiger partial charge in [-0.15, -0.1) is 0 Å². The summed E-state index contributed by atoms with van der Waals surface area (Å²) in [5, 5.41) is 19.2. The van der Waals surface area contributed by atoms with E-state index in [4.69, 9.17) is 67.3 Å². The SMILES string of the molecule is Nc1ccc(Oc2c(Cl)c(Cl)c(Cl)c(Oc3ccc(N)c(O)c3)c2Cl)cc1O. The van der Waals surface area contributed by atoms with Crippen LogP contribution in [0.5, 0.6) is 34.5 Å². The molecular weight excluding hydrogens is 450 g/mol. The monoisotopic (exact) mass is 460 g/mol. The lowest BCUT2D eigenvalue weighted by Crippen LogP contribution is -1.94. The van der Waals surface area contributed by atoms with Crippen LogP contribution in [0.4, 0.5) is 11.4 Å². The average molecular weight is 462 g/mol. The summed E-state index contributed by atoms with van der Waals surface area (Å²) < 4.78 is 11.3. The van der Waals surface area contributed by atoms with E-state index in [0.29, 0.717) is 0 Å². The van der Waals surface area contributed by atoms with Gasteiger partial charge in [-0.25, -0.2) is 0 Å². The summed E-state index contributed by atoms with van der Waals surface area (Å²) in [5.74, 6) is -0.0552. The fourth-order valence-corrected chi connectivity index (χ4v) is 3.22. The zero-order valence-electron chi connectivity index (χ0n) is 13.8. The number of phenolic OH excluding ortho intramolecular Hbond substituents is 2. The van der Waals surface area contributed by atoms with Crippen LogP contribution >= 0.6 is 46.4 Å². The summed E-state index contributed by atoms with van der Waals surface area (Å²) in [6, 6.07) is 8.45. The molecule has 6 N–H and O–H groups in total. The van der Waals surface area contributed by atoms with Gasteiger partial charge in [-0.05, 0) is 24.3 Å². The average Bonchev–Trinajstić information content (AvgIpc) is 2.66. The van der Waals surface area contributed by atoms with Crippen molar-refractivity contribution in [3.05, 3.63) is 56.5 Å². The van der Waals surface area contributed by atoms with Crippen molar-refractivity contribution in [2.45, 2.75) is 0 Å². The van der Waals surface area contributed by atoms with Gasteiger partial charge in [0.1, 0.15) is 38.1 Å². The van der Waals surface area contributed by atoms with E-state index < -0.39 is 0 Å². The van der Waals surface area contributed by atoms with Gasteiger partial charge in [-0.1, -0.05) is 46.4 Å². The molecule has 3 aromatic carbocycles. The number of nitrogen functional groups attached to an aromatic ring is 2. The number of phenols is 2. The Morgan fingerprint density at radius 1 is 0.607 bits per heavy atom. The van der Waals surface area contributed by atoms with Crippen molar-refractivity contribution in [1.82, 2.24) is 0 Å². The first kappa shape index (κ1) is 20.4. The molecule has 0 aliphatic rings. The zero-order valence-corrected chi connectivity index (χ0v) is 16.9. The molecule has 0 saturated carbocycles. The summed E-state index contributed by atoms with van der Waals surface area (Å²) in [6.45, 7) is 0. The predicted molar refractivity (Wildman–Crippen MR) is 112 cm³/mol. The van der Waals surface area contributed by atoms with Gasteiger partial charge < -0.3 is 31.2 Å². The highest BCUT2D eigenvalue weighted by Crippen LogP contribution is 2.52. The fourth-order valence-electron chi connectivity index (χ4n) is 2.18. The highest BCUT2D eigenvalue weighted by Gasteiger charge is 2.24. The lowest BCUT2D eigenvalue weighted by Gasteiger charge is -2.17. The second kappa shape index (κ2) is 7.93. The topological polar surface area (TPSA) is 111 Å². The van der Waals surface area contributed by atoms with Crippen LogP contribution in [-0.2, 0) is 0 Å². The van der Waals surface area contributed by atoms with Gasteiger partial charge in [0, 0.05) is 12.1 Å². The van der Waals surface area contributed by atoms with Crippen LogP contribution in [-0.4, -0.2) is 10.2 Å². The van der Waals surface area contributed by atoms with Gasteiger partial charge in [0.25, 0.3) is 0 Å². The van der Waals surface area contributed by atoms with Gasteiger partial charge in [0.2, 0.25) is 0 Å². The molecule has 0 bridgehead atoms. The Kier molecular flexibility index (Phi) is 5.76. The third-order valence-corrected chi connectivity index (χ3v) is 5.26. The molecule has 10 heteroatoms. The van der Waals surface area contributed by atoms with E-state index in [9.17, 15) is 10.2 Å². The molecule has 0 heterocycles. The van der Waals surface area contributed by atoms with Crippen molar-refractivity contribution in [2.75, 3.05) is 11.5 Å². The lowest BCUT2D eigenvalue weighted by atomic mass is 10.2. The Morgan fingerprint density at radius 3 is 1.36 bits per heavy atom. The first-order chi connectivity index (χ1) is 13.2. The molecule has 0 fully saturated rings. The number of ether oxygens (including phenoxy) is 2. The number of hydrogen-bond acceptors (Lipinski definition) is 6. The van der Waals surface area contributed by atoms with Crippen LogP contribution in [0.2, 0.25) is 20.1 Å². The normalized spacial score (nSPS) is 10.7. The maximum absolute atomic E-state index is 9.74. The molecule has 0 radical (unpaired) electrons. The van der Waals surface area contributed by atoms with Crippen LogP contribution < -0.4 is 20.9 Å². The Morgan fingerprint density at radius 2 is 1.00 bits per heavy atom. The van der Waals surface area contributed by atoms with Crippen molar-refractivity contribution in [1.29, 1.82) is 0 Å². The standard InChI is InChI=1S/C18H12Cl4N2O4/c19-13-14(20)17(27-7-1-3-9(23)11(25)5-7)16(22)18(15(13)21)28-8-2-4-10(24)12(26)6-8/h1-6,25-26H,23-24H2. The van der Waals surface area contributed by atoms with E-state index >= 15 is 0 Å². The number of rotatable bonds is 4. The molecule has 0 aromatic heterocycles. The molecule has 0 unspecified atom stereocenters. The van der Waals surface area contributed by atoms with Gasteiger partial charge >= 0.3 is 0 Å². The summed E-state index contributed by atoms with van der Waals surface area (Å²) in [6.07, 6.45) is 0. The molecule has 28 heavy (non-hydrogen) atoms. The third kappa shape index (κ3) is 3.91. The minimum atomic E-state index is -0.182. The molecule has 0 aliphatic heterocycles.